The molecule has 2 aliphatic rings. The van der Waals surface area contributed by atoms with Crippen molar-refractivity contribution in [3.8, 4) is 22.3 Å². The van der Waals surface area contributed by atoms with Crippen LogP contribution >= 0.6 is 0 Å². The summed E-state index contributed by atoms with van der Waals surface area (Å²) in [5.41, 5.74) is 16.0. The number of hydrogen-bond donors (Lipinski definition) is 0. The average Bonchev–Trinajstić information content (AvgIpc) is 1.51. The molecule has 402 valence electrons. The van der Waals surface area contributed by atoms with E-state index in [9.17, 15) is 0 Å². The molecular weight excluding hydrogens is 1040 g/mol. The molecule has 0 bridgehead atoms. The van der Waals surface area contributed by atoms with Crippen LogP contribution in [0.2, 0.25) is 0 Å². The van der Waals surface area contributed by atoms with E-state index in [1.165, 1.54) is 131 Å². The van der Waals surface area contributed by atoms with Crippen molar-refractivity contribution in [1.29, 1.82) is 0 Å². The van der Waals surface area contributed by atoms with Gasteiger partial charge in [-0.1, -0.05) is 244 Å². The van der Waals surface area contributed by atoms with Gasteiger partial charge in [-0.05, 0) is 203 Å². The SMILES string of the molecule is CC1(C2(C)c3ccccc3-c3ccc(N(c4ccc5c(ccc6ccccc65)c4)c4ccc5c(ccc6ccccc65)c4)cc32)c2ccccc2-c2ccc(N(c3ccc4c(ccc5ccccc54)c3)c3ccc4c(ccc5ccccc54)c3)cc21. The highest BCUT2D eigenvalue weighted by Gasteiger charge is 2.57. The third kappa shape index (κ3) is 6.96. The van der Waals surface area contributed by atoms with Crippen LogP contribution < -0.4 is 9.80 Å². The Morgan fingerprint density at radius 3 is 0.744 bits per heavy atom. The topological polar surface area (TPSA) is 6.48 Å². The first-order chi connectivity index (χ1) is 42.4. The molecule has 0 amide bonds. The van der Waals surface area contributed by atoms with Gasteiger partial charge in [-0.25, -0.2) is 0 Å². The summed E-state index contributed by atoms with van der Waals surface area (Å²) in [4.78, 5) is 5.00. The van der Waals surface area contributed by atoms with Gasteiger partial charge in [0.2, 0.25) is 0 Å². The number of anilines is 6. The van der Waals surface area contributed by atoms with Crippen LogP contribution in [0.15, 0.2) is 303 Å². The third-order valence-electron chi connectivity index (χ3n) is 20.1. The maximum atomic E-state index is 2.55. The Hall–Kier alpha value is -10.8. The molecule has 0 radical (unpaired) electrons. The van der Waals surface area contributed by atoms with Gasteiger partial charge in [0.25, 0.3) is 0 Å². The Balaban J connectivity index is 0.849. The van der Waals surface area contributed by atoms with Crippen molar-refractivity contribution < 1.29 is 0 Å². The maximum Gasteiger partial charge on any atom is 0.0468 e. The van der Waals surface area contributed by atoms with E-state index in [-0.39, 0.29) is 0 Å². The second-order valence-corrected chi connectivity index (χ2v) is 24.2. The minimum absolute atomic E-state index is 0.552. The minimum atomic E-state index is -0.552. The summed E-state index contributed by atoms with van der Waals surface area (Å²) < 4.78 is 0. The lowest BCUT2D eigenvalue weighted by atomic mass is 9.56. The Bertz CT molecular complexity index is 4980. The van der Waals surface area contributed by atoms with Crippen LogP contribution in [0.1, 0.15) is 36.1 Å². The molecule has 16 aromatic carbocycles. The van der Waals surface area contributed by atoms with Crippen molar-refractivity contribution in [1.82, 2.24) is 0 Å². The van der Waals surface area contributed by atoms with Gasteiger partial charge in [0, 0.05) is 45.0 Å². The van der Waals surface area contributed by atoms with Crippen molar-refractivity contribution >= 4 is 120 Å². The lowest BCUT2D eigenvalue weighted by molar-refractivity contribution is 0.376. The van der Waals surface area contributed by atoms with Crippen LogP contribution in [-0.4, -0.2) is 0 Å². The Morgan fingerprint density at radius 1 is 0.186 bits per heavy atom. The van der Waals surface area contributed by atoms with E-state index in [2.05, 4.69) is 327 Å². The van der Waals surface area contributed by atoms with Gasteiger partial charge in [-0.15, -0.1) is 0 Å². The number of nitrogens with zero attached hydrogens (tertiary/aromatic N) is 2. The van der Waals surface area contributed by atoms with E-state index in [0.717, 1.165) is 34.1 Å². The molecule has 2 atom stereocenters. The molecule has 0 aromatic heterocycles. The van der Waals surface area contributed by atoms with Gasteiger partial charge in [0.05, 0.1) is 0 Å². The van der Waals surface area contributed by atoms with Gasteiger partial charge in [-0.2, -0.15) is 0 Å². The van der Waals surface area contributed by atoms with Crippen LogP contribution in [0, 0.1) is 0 Å². The average molecular weight is 1090 g/mol. The number of benzene rings is 16. The van der Waals surface area contributed by atoms with Crippen molar-refractivity contribution in [2.75, 3.05) is 9.80 Å². The Labute approximate surface area is 499 Å². The number of hydrogen-bond acceptors (Lipinski definition) is 2. The van der Waals surface area contributed by atoms with Crippen molar-refractivity contribution in [3.63, 3.8) is 0 Å². The van der Waals surface area contributed by atoms with E-state index >= 15 is 0 Å². The molecule has 0 N–H and O–H groups in total. The molecule has 0 saturated carbocycles. The smallest absolute Gasteiger partial charge is 0.0468 e. The first-order valence-corrected chi connectivity index (χ1v) is 30.1. The van der Waals surface area contributed by atoms with Crippen LogP contribution in [0.4, 0.5) is 34.1 Å². The fourth-order valence-corrected chi connectivity index (χ4v) is 15.8. The van der Waals surface area contributed by atoms with Gasteiger partial charge in [-0.3, -0.25) is 0 Å². The molecule has 0 heterocycles. The first kappa shape index (κ1) is 48.7. The van der Waals surface area contributed by atoms with Crippen LogP contribution in [-0.2, 0) is 10.8 Å². The molecule has 0 fully saturated rings. The van der Waals surface area contributed by atoms with E-state index in [1.54, 1.807) is 0 Å². The van der Waals surface area contributed by atoms with E-state index in [0.29, 0.717) is 0 Å². The zero-order valence-electron chi connectivity index (χ0n) is 47.8. The van der Waals surface area contributed by atoms with Crippen LogP contribution in [0.3, 0.4) is 0 Å². The molecule has 0 spiro atoms. The predicted octanol–water partition coefficient (Wildman–Crippen LogP) is 23.1. The van der Waals surface area contributed by atoms with Gasteiger partial charge >= 0.3 is 0 Å². The summed E-state index contributed by atoms with van der Waals surface area (Å²) in [6.07, 6.45) is 0. The summed E-state index contributed by atoms with van der Waals surface area (Å²) >= 11 is 0. The fraction of sp³-hybridized carbons (Fsp3) is 0.0476. The standard InChI is InChI=1S/C84H56N2/c1-83(79-25-13-11-23-75(79)77-45-39-65(51-81(77)83)85(61-35-41-71-57(47-61)31-27-53-15-3-7-19-67(53)71)62-36-42-72-58(48-62)32-28-54-16-4-8-20-68(54)72)84(2)80-26-14-12-24-76(80)78-46-40-66(52-82(78)84)86(63-37-43-73-59(49-63)33-29-55-17-5-9-21-69(55)73)64-38-44-74-60(50-64)34-30-56-18-6-10-22-70(56)74/h3-52H,1-2H3. The number of fused-ring (bicyclic) bond motifs is 18. The molecule has 86 heavy (non-hydrogen) atoms. The minimum Gasteiger partial charge on any atom is -0.310 e. The largest absolute Gasteiger partial charge is 0.310 e. The van der Waals surface area contributed by atoms with Gasteiger partial charge < -0.3 is 9.80 Å². The first-order valence-electron chi connectivity index (χ1n) is 30.1. The summed E-state index contributed by atoms with van der Waals surface area (Å²) in [6, 6.07) is 114. The summed E-state index contributed by atoms with van der Waals surface area (Å²) in [7, 11) is 0. The monoisotopic (exact) mass is 1090 g/mol. The van der Waals surface area contributed by atoms with Gasteiger partial charge in [0.15, 0.2) is 0 Å². The molecule has 2 heteroatoms. The van der Waals surface area contributed by atoms with Crippen LogP contribution in [0.5, 0.6) is 0 Å². The third-order valence-corrected chi connectivity index (χ3v) is 20.1. The van der Waals surface area contributed by atoms with E-state index < -0.39 is 10.8 Å². The lowest BCUT2D eigenvalue weighted by Crippen LogP contribution is -2.44. The normalized spacial score (nSPS) is 15.9. The Morgan fingerprint density at radius 2 is 0.419 bits per heavy atom. The summed E-state index contributed by atoms with van der Waals surface area (Å²) in [5.74, 6) is 0. The number of rotatable bonds is 7. The zero-order chi connectivity index (χ0) is 56.8. The quantitative estimate of drug-likeness (QED) is 0.147. The lowest BCUT2D eigenvalue weighted by Gasteiger charge is -2.45. The molecule has 16 aromatic rings. The highest BCUT2D eigenvalue weighted by Crippen LogP contribution is 2.66. The fourth-order valence-electron chi connectivity index (χ4n) is 15.8. The molecular formula is C84H56N2. The predicted molar refractivity (Wildman–Crippen MR) is 366 cm³/mol. The Kier molecular flexibility index (Phi) is 10.4. The highest BCUT2D eigenvalue weighted by atomic mass is 15.1. The summed E-state index contributed by atoms with van der Waals surface area (Å²) in [5, 5.41) is 19.9. The second-order valence-electron chi connectivity index (χ2n) is 24.2. The molecule has 18 rings (SSSR count). The van der Waals surface area contributed by atoms with Crippen molar-refractivity contribution in [2.24, 2.45) is 0 Å². The second kappa shape index (κ2) is 18.3. The maximum absolute atomic E-state index is 2.55. The van der Waals surface area contributed by atoms with Crippen LogP contribution in [0.25, 0.3) is 108 Å². The van der Waals surface area contributed by atoms with Crippen molar-refractivity contribution in [2.45, 2.75) is 24.7 Å². The van der Waals surface area contributed by atoms with E-state index in [1.807, 2.05) is 0 Å². The van der Waals surface area contributed by atoms with Crippen molar-refractivity contribution in [3.05, 3.63) is 326 Å². The van der Waals surface area contributed by atoms with E-state index in [4.69, 9.17) is 0 Å². The highest BCUT2D eigenvalue weighted by molar-refractivity contribution is 6.13. The zero-order valence-corrected chi connectivity index (χ0v) is 47.8. The molecule has 2 unspecified atom stereocenters. The molecule has 0 aliphatic heterocycles. The van der Waals surface area contributed by atoms with Gasteiger partial charge in [0.1, 0.15) is 0 Å². The summed E-state index contributed by atoms with van der Waals surface area (Å²) in [6.45, 7) is 5.09. The molecule has 2 aliphatic carbocycles. The molecule has 0 saturated heterocycles. The molecule has 2 nitrogen and oxygen atoms in total.